The van der Waals surface area contributed by atoms with Crippen LogP contribution in [0.5, 0.6) is 0 Å². The first-order valence-electron chi connectivity index (χ1n) is 4.80. The van der Waals surface area contributed by atoms with E-state index in [0.29, 0.717) is 0 Å². The molecule has 0 aliphatic rings. The van der Waals surface area contributed by atoms with Crippen LogP contribution in [0.15, 0.2) is 29.7 Å². The van der Waals surface area contributed by atoms with Crippen molar-refractivity contribution in [2.45, 2.75) is 4.90 Å². The SMILES string of the molecule is CS(=O)(=O)c1cnn(-c2nccnc2C(=N)N)c1. The first-order valence-corrected chi connectivity index (χ1v) is 6.69. The third-order valence-corrected chi connectivity index (χ3v) is 3.21. The Hall–Kier alpha value is -2.29. The number of nitrogen functional groups attached to an aromatic ring is 1. The Kier molecular flexibility index (Phi) is 2.83. The highest BCUT2D eigenvalue weighted by Crippen LogP contribution is 2.12. The summed E-state index contributed by atoms with van der Waals surface area (Å²) in [6.45, 7) is 0. The summed E-state index contributed by atoms with van der Waals surface area (Å²) in [6.07, 6.45) is 6.38. The Labute approximate surface area is 103 Å². The monoisotopic (exact) mass is 266 g/mol. The molecule has 3 N–H and O–H groups in total. The zero-order valence-corrected chi connectivity index (χ0v) is 10.2. The fraction of sp³-hybridized carbons (Fsp3) is 0.111. The minimum atomic E-state index is -3.34. The van der Waals surface area contributed by atoms with Crippen molar-refractivity contribution in [2.24, 2.45) is 5.73 Å². The predicted molar refractivity (Wildman–Crippen MR) is 63.3 cm³/mol. The van der Waals surface area contributed by atoms with Crippen molar-refractivity contribution in [3.63, 3.8) is 0 Å². The molecule has 0 aliphatic heterocycles. The molecule has 0 spiro atoms. The molecule has 2 aromatic rings. The normalized spacial score (nSPS) is 11.4. The molecule has 0 atom stereocenters. The highest BCUT2D eigenvalue weighted by Gasteiger charge is 2.15. The van der Waals surface area contributed by atoms with Gasteiger partial charge in [-0.3, -0.25) is 5.41 Å². The van der Waals surface area contributed by atoms with E-state index in [1.807, 2.05) is 0 Å². The Morgan fingerprint density at radius 1 is 1.39 bits per heavy atom. The van der Waals surface area contributed by atoms with Gasteiger partial charge in [0.25, 0.3) is 0 Å². The van der Waals surface area contributed by atoms with Crippen LogP contribution in [0.1, 0.15) is 5.69 Å². The van der Waals surface area contributed by atoms with Gasteiger partial charge < -0.3 is 5.73 Å². The van der Waals surface area contributed by atoms with E-state index < -0.39 is 9.84 Å². The molecule has 0 saturated carbocycles. The molecule has 0 bridgehead atoms. The largest absolute Gasteiger partial charge is 0.382 e. The van der Waals surface area contributed by atoms with Crippen molar-refractivity contribution in [3.05, 3.63) is 30.5 Å². The second-order valence-electron chi connectivity index (χ2n) is 3.54. The van der Waals surface area contributed by atoms with Crippen molar-refractivity contribution in [3.8, 4) is 5.82 Å². The molecule has 18 heavy (non-hydrogen) atoms. The van der Waals surface area contributed by atoms with Gasteiger partial charge in [-0.1, -0.05) is 0 Å². The minimum Gasteiger partial charge on any atom is -0.382 e. The number of amidine groups is 1. The Morgan fingerprint density at radius 2 is 2.06 bits per heavy atom. The van der Waals surface area contributed by atoms with Gasteiger partial charge in [0, 0.05) is 18.6 Å². The van der Waals surface area contributed by atoms with Crippen LogP contribution in [0.4, 0.5) is 0 Å². The summed E-state index contributed by atoms with van der Waals surface area (Å²) in [4.78, 5) is 7.95. The van der Waals surface area contributed by atoms with Crippen molar-refractivity contribution < 1.29 is 8.42 Å². The van der Waals surface area contributed by atoms with Gasteiger partial charge in [0.2, 0.25) is 0 Å². The van der Waals surface area contributed by atoms with Crippen molar-refractivity contribution in [1.82, 2.24) is 19.7 Å². The first-order chi connectivity index (χ1) is 8.39. The van der Waals surface area contributed by atoms with E-state index in [-0.39, 0.29) is 22.2 Å². The lowest BCUT2D eigenvalue weighted by molar-refractivity contribution is 0.602. The van der Waals surface area contributed by atoms with Gasteiger partial charge in [-0.15, -0.1) is 0 Å². The number of hydrogen-bond donors (Lipinski definition) is 2. The average molecular weight is 266 g/mol. The number of nitrogens with one attached hydrogen (secondary N) is 1. The van der Waals surface area contributed by atoms with Crippen LogP contribution in [0.3, 0.4) is 0 Å². The van der Waals surface area contributed by atoms with Gasteiger partial charge in [0.15, 0.2) is 15.7 Å². The molecule has 0 saturated heterocycles. The fourth-order valence-electron chi connectivity index (χ4n) is 1.30. The van der Waals surface area contributed by atoms with Crippen LogP contribution >= 0.6 is 0 Å². The number of sulfone groups is 1. The lowest BCUT2D eigenvalue weighted by Crippen LogP contribution is -2.18. The van der Waals surface area contributed by atoms with Crippen LogP contribution < -0.4 is 5.73 Å². The molecule has 0 aromatic carbocycles. The van der Waals surface area contributed by atoms with Crippen LogP contribution in [-0.4, -0.2) is 40.3 Å². The summed E-state index contributed by atoms with van der Waals surface area (Å²) in [7, 11) is -3.34. The predicted octanol–water partition coefficient (Wildman–Crippen LogP) is -0.650. The number of rotatable bonds is 3. The Balaban J connectivity index is 2.57. The van der Waals surface area contributed by atoms with E-state index in [1.54, 1.807) is 0 Å². The third-order valence-electron chi connectivity index (χ3n) is 2.14. The summed E-state index contributed by atoms with van der Waals surface area (Å²) in [5.41, 5.74) is 5.51. The fourth-order valence-corrected chi connectivity index (χ4v) is 1.83. The standard InChI is InChI=1S/C9H10N6O2S/c1-18(16,17)6-4-14-15(5-6)9-7(8(10)11)12-2-3-13-9/h2-5H,1H3,(H3,10,11). The molecule has 94 valence electrons. The van der Waals surface area contributed by atoms with Crippen LogP contribution in [-0.2, 0) is 9.84 Å². The minimum absolute atomic E-state index is 0.0580. The molecule has 0 fully saturated rings. The van der Waals surface area contributed by atoms with E-state index in [9.17, 15) is 8.42 Å². The number of nitrogens with two attached hydrogens (primary N) is 1. The summed E-state index contributed by atoms with van der Waals surface area (Å²) in [5.74, 6) is -0.0607. The molecular formula is C9H10N6O2S. The van der Waals surface area contributed by atoms with Crippen molar-refractivity contribution in [2.75, 3.05) is 6.26 Å². The quantitative estimate of drug-likeness (QED) is 0.561. The molecule has 8 nitrogen and oxygen atoms in total. The second-order valence-corrected chi connectivity index (χ2v) is 5.55. The van der Waals surface area contributed by atoms with Crippen molar-refractivity contribution >= 4 is 15.7 Å². The molecule has 2 rings (SSSR count). The van der Waals surface area contributed by atoms with Crippen LogP contribution in [0.25, 0.3) is 5.82 Å². The molecule has 9 heteroatoms. The number of nitrogens with zero attached hydrogens (tertiary/aromatic N) is 4. The molecule has 0 unspecified atom stereocenters. The van der Waals surface area contributed by atoms with Gasteiger partial charge >= 0.3 is 0 Å². The lowest BCUT2D eigenvalue weighted by Gasteiger charge is -2.04. The number of hydrogen-bond acceptors (Lipinski definition) is 6. The van der Waals surface area contributed by atoms with E-state index in [4.69, 9.17) is 11.1 Å². The highest BCUT2D eigenvalue weighted by molar-refractivity contribution is 7.90. The molecule has 2 aromatic heterocycles. The van der Waals surface area contributed by atoms with Crippen LogP contribution in [0.2, 0.25) is 0 Å². The first kappa shape index (κ1) is 12.2. The summed E-state index contributed by atoms with van der Waals surface area (Å²) >= 11 is 0. The summed E-state index contributed by atoms with van der Waals surface area (Å²) in [5, 5.41) is 11.2. The van der Waals surface area contributed by atoms with E-state index in [1.165, 1.54) is 29.5 Å². The maximum Gasteiger partial charge on any atom is 0.183 e. The van der Waals surface area contributed by atoms with Gasteiger partial charge in [-0.25, -0.2) is 23.1 Å². The Bertz CT molecular complexity index is 705. The smallest absolute Gasteiger partial charge is 0.183 e. The molecule has 0 amide bonds. The Morgan fingerprint density at radius 3 is 2.61 bits per heavy atom. The zero-order valence-electron chi connectivity index (χ0n) is 9.40. The van der Waals surface area contributed by atoms with Gasteiger partial charge in [-0.05, 0) is 0 Å². The third kappa shape index (κ3) is 2.20. The van der Waals surface area contributed by atoms with Crippen molar-refractivity contribution in [1.29, 1.82) is 5.41 Å². The van der Waals surface area contributed by atoms with Gasteiger partial charge in [0.1, 0.15) is 16.4 Å². The highest BCUT2D eigenvalue weighted by atomic mass is 32.2. The second kappa shape index (κ2) is 4.18. The van der Waals surface area contributed by atoms with E-state index in [0.717, 1.165) is 6.26 Å². The molecule has 0 aliphatic carbocycles. The molecular weight excluding hydrogens is 256 g/mol. The van der Waals surface area contributed by atoms with Gasteiger partial charge in [-0.2, -0.15) is 5.10 Å². The maximum absolute atomic E-state index is 11.3. The molecule has 0 radical (unpaired) electrons. The maximum atomic E-state index is 11.3. The van der Waals surface area contributed by atoms with E-state index in [2.05, 4.69) is 15.1 Å². The average Bonchev–Trinajstić information content (AvgIpc) is 2.77. The topological polar surface area (TPSA) is 128 Å². The van der Waals surface area contributed by atoms with E-state index >= 15 is 0 Å². The summed E-state index contributed by atoms with van der Waals surface area (Å²) in [6, 6.07) is 0. The number of aromatic nitrogens is 4. The zero-order chi connectivity index (χ0) is 13.3. The lowest BCUT2D eigenvalue weighted by atomic mass is 10.4. The summed E-state index contributed by atoms with van der Waals surface area (Å²) < 4.78 is 23.9. The molecule has 2 heterocycles. The van der Waals surface area contributed by atoms with Gasteiger partial charge in [0.05, 0.1) is 12.4 Å². The van der Waals surface area contributed by atoms with Crippen LogP contribution in [0, 0.1) is 5.41 Å².